The summed E-state index contributed by atoms with van der Waals surface area (Å²) < 4.78 is 13.4. The maximum absolute atomic E-state index is 5.69. The highest BCUT2D eigenvalue weighted by atomic mass is 127. The van der Waals surface area contributed by atoms with Gasteiger partial charge in [0.15, 0.2) is 17.5 Å². The van der Waals surface area contributed by atoms with E-state index in [1.165, 1.54) is 24.8 Å². The number of benzene rings is 1. The van der Waals surface area contributed by atoms with Crippen molar-refractivity contribution >= 4 is 29.9 Å². The molecule has 9 heteroatoms. The monoisotopic (exact) mass is 556 g/mol. The standard InChI is InChI=1S/C23H36N6O2.HI/c1-3-5-6-7-11-24-23(26-13-14-29-18-27-28-22(29)4-2)25-12-10-19-8-9-20-21(17-19)31-16-15-30-20;/h8-9,17-18H,3-7,10-16H2,1-2H3,(H2,24,25,26);1H. The quantitative estimate of drug-likeness (QED) is 0.180. The normalized spacial score (nSPS) is 12.9. The molecule has 0 atom stereocenters. The Morgan fingerprint density at radius 3 is 2.69 bits per heavy atom. The number of ether oxygens (including phenoxy) is 2. The van der Waals surface area contributed by atoms with Crippen LogP contribution in [0.2, 0.25) is 0 Å². The van der Waals surface area contributed by atoms with Crippen molar-refractivity contribution in [3.8, 4) is 11.5 Å². The number of hydrogen-bond donors (Lipinski definition) is 2. The number of unbranched alkanes of at least 4 members (excludes halogenated alkanes) is 3. The van der Waals surface area contributed by atoms with Gasteiger partial charge in [0.1, 0.15) is 25.4 Å². The zero-order valence-corrected chi connectivity index (χ0v) is 21.6. The first kappa shape index (κ1) is 26.2. The van der Waals surface area contributed by atoms with E-state index < -0.39 is 0 Å². The Balaban J connectivity index is 0.00000363. The van der Waals surface area contributed by atoms with E-state index in [4.69, 9.17) is 14.5 Å². The molecule has 1 aromatic carbocycles. The van der Waals surface area contributed by atoms with Crippen molar-refractivity contribution in [1.29, 1.82) is 0 Å². The van der Waals surface area contributed by atoms with Crippen LogP contribution in [0.1, 0.15) is 50.9 Å². The number of guanidine groups is 1. The lowest BCUT2D eigenvalue weighted by atomic mass is 10.1. The first-order valence-electron chi connectivity index (χ1n) is 11.6. The largest absolute Gasteiger partial charge is 0.486 e. The summed E-state index contributed by atoms with van der Waals surface area (Å²) in [6.45, 7) is 8.78. The number of aryl methyl sites for hydroxylation is 1. The van der Waals surface area contributed by atoms with Crippen LogP contribution in [0.5, 0.6) is 11.5 Å². The molecule has 0 unspecified atom stereocenters. The molecule has 0 fully saturated rings. The van der Waals surface area contributed by atoms with E-state index in [1.54, 1.807) is 6.33 Å². The Labute approximate surface area is 208 Å². The van der Waals surface area contributed by atoms with Crippen molar-refractivity contribution in [2.75, 3.05) is 32.8 Å². The average Bonchev–Trinajstić information content (AvgIpc) is 3.26. The summed E-state index contributed by atoms with van der Waals surface area (Å²) in [4.78, 5) is 4.77. The van der Waals surface area contributed by atoms with E-state index in [9.17, 15) is 0 Å². The highest BCUT2D eigenvalue weighted by Crippen LogP contribution is 2.30. The van der Waals surface area contributed by atoms with Gasteiger partial charge in [-0.15, -0.1) is 34.2 Å². The Morgan fingerprint density at radius 2 is 1.88 bits per heavy atom. The van der Waals surface area contributed by atoms with Gasteiger partial charge in [-0.3, -0.25) is 4.99 Å². The molecule has 0 spiro atoms. The van der Waals surface area contributed by atoms with Crippen molar-refractivity contribution in [1.82, 2.24) is 25.4 Å². The fraction of sp³-hybridized carbons (Fsp3) is 0.609. The first-order chi connectivity index (χ1) is 15.3. The van der Waals surface area contributed by atoms with E-state index in [-0.39, 0.29) is 24.0 Å². The number of hydrogen-bond acceptors (Lipinski definition) is 5. The number of nitrogens with one attached hydrogen (secondary N) is 2. The van der Waals surface area contributed by atoms with E-state index in [0.717, 1.165) is 68.7 Å². The fourth-order valence-corrected chi connectivity index (χ4v) is 3.51. The Bertz CT molecular complexity index is 827. The van der Waals surface area contributed by atoms with Gasteiger partial charge in [-0.05, 0) is 30.5 Å². The van der Waals surface area contributed by atoms with E-state index in [0.29, 0.717) is 13.2 Å². The van der Waals surface area contributed by atoms with Crippen LogP contribution in [0.4, 0.5) is 0 Å². The van der Waals surface area contributed by atoms with E-state index in [1.807, 2.05) is 6.07 Å². The molecule has 8 nitrogen and oxygen atoms in total. The summed E-state index contributed by atoms with van der Waals surface area (Å²) in [7, 11) is 0. The zero-order chi connectivity index (χ0) is 21.7. The van der Waals surface area contributed by atoms with Crippen LogP contribution in [0.25, 0.3) is 0 Å². The third kappa shape index (κ3) is 8.48. The van der Waals surface area contributed by atoms with Crippen LogP contribution in [-0.2, 0) is 19.4 Å². The second kappa shape index (κ2) is 14.9. The second-order valence-corrected chi connectivity index (χ2v) is 7.67. The molecule has 32 heavy (non-hydrogen) atoms. The molecule has 1 aromatic heterocycles. The van der Waals surface area contributed by atoms with Gasteiger partial charge in [0.2, 0.25) is 0 Å². The predicted octanol–water partition coefficient (Wildman–Crippen LogP) is 3.59. The lowest BCUT2D eigenvalue weighted by Gasteiger charge is -2.19. The van der Waals surface area contributed by atoms with Gasteiger partial charge in [-0.1, -0.05) is 39.2 Å². The summed E-state index contributed by atoms with van der Waals surface area (Å²) in [5.41, 5.74) is 1.22. The van der Waals surface area contributed by atoms with Gasteiger partial charge in [-0.25, -0.2) is 0 Å². The van der Waals surface area contributed by atoms with Gasteiger partial charge in [0, 0.05) is 32.6 Å². The summed E-state index contributed by atoms with van der Waals surface area (Å²) in [5, 5.41) is 15.1. The minimum atomic E-state index is 0. The van der Waals surface area contributed by atoms with Gasteiger partial charge in [0.25, 0.3) is 0 Å². The SMILES string of the molecule is CCCCCCN=C(NCCc1ccc2c(c1)OCCO2)NCCn1cnnc1CC.I. The van der Waals surface area contributed by atoms with Crippen LogP contribution in [-0.4, -0.2) is 53.6 Å². The predicted molar refractivity (Wildman–Crippen MR) is 138 cm³/mol. The topological polar surface area (TPSA) is 85.6 Å². The summed E-state index contributed by atoms with van der Waals surface area (Å²) in [6.07, 6.45) is 8.41. The number of fused-ring (bicyclic) bond motifs is 1. The molecular formula is C23H37IN6O2. The Kier molecular flexibility index (Phi) is 12.2. The molecule has 2 heterocycles. The molecule has 1 aliphatic rings. The maximum atomic E-state index is 5.69. The molecule has 0 amide bonds. The fourth-order valence-electron chi connectivity index (χ4n) is 3.51. The van der Waals surface area contributed by atoms with Gasteiger partial charge in [-0.2, -0.15) is 0 Å². The third-order valence-electron chi connectivity index (χ3n) is 5.25. The van der Waals surface area contributed by atoms with Crippen LogP contribution < -0.4 is 20.1 Å². The third-order valence-corrected chi connectivity index (χ3v) is 5.25. The van der Waals surface area contributed by atoms with E-state index >= 15 is 0 Å². The maximum Gasteiger partial charge on any atom is 0.191 e. The smallest absolute Gasteiger partial charge is 0.191 e. The molecule has 0 radical (unpaired) electrons. The van der Waals surface area contributed by atoms with Gasteiger partial charge >= 0.3 is 0 Å². The molecule has 2 N–H and O–H groups in total. The molecule has 0 bridgehead atoms. The minimum absolute atomic E-state index is 0. The number of nitrogens with zero attached hydrogens (tertiary/aromatic N) is 4. The molecule has 2 aromatic rings. The average molecular weight is 556 g/mol. The van der Waals surface area contributed by atoms with Crippen molar-refractivity contribution in [2.24, 2.45) is 4.99 Å². The van der Waals surface area contributed by atoms with Gasteiger partial charge in [0.05, 0.1) is 0 Å². The highest BCUT2D eigenvalue weighted by Gasteiger charge is 2.11. The molecule has 3 rings (SSSR count). The Hall–Kier alpha value is -2.04. The van der Waals surface area contributed by atoms with Crippen LogP contribution in [0.15, 0.2) is 29.5 Å². The lowest BCUT2D eigenvalue weighted by Crippen LogP contribution is -2.40. The van der Waals surface area contributed by atoms with Crippen LogP contribution in [0.3, 0.4) is 0 Å². The van der Waals surface area contributed by atoms with Crippen molar-refractivity contribution in [3.63, 3.8) is 0 Å². The second-order valence-electron chi connectivity index (χ2n) is 7.67. The number of rotatable bonds is 12. The van der Waals surface area contributed by atoms with Crippen LogP contribution in [0, 0.1) is 0 Å². The highest BCUT2D eigenvalue weighted by molar-refractivity contribution is 14.0. The lowest BCUT2D eigenvalue weighted by molar-refractivity contribution is 0.171. The van der Waals surface area contributed by atoms with Crippen LogP contribution >= 0.6 is 24.0 Å². The number of aliphatic imine (C=N–C) groups is 1. The summed E-state index contributed by atoms with van der Waals surface area (Å²) >= 11 is 0. The van der Waals surface area contributed by atoms with E-state index in [2.05, 4.69) is 51.4 Å². The molecular weight excluding hydrogens is 519 g/mol. The molecule has 1 aliphatic heterocycles. The Morgan fingerprint density at radius 1 is 1.06 bits per heavy atom. The molecule has 178 valence electrons. The van der Waals surface area contributed by atoms with Crippen molar-refractivity contribution in [3.05, 3.63) is 35.9 Å². The number of aromatic nitrogens is 3. The molecule has 0 aliphatic carbocycles. The zero-order valence-electron chi connectivity index (χ0n) is 19.3. The first-order valence-corrected chi connectivity index (χ1v) is 11.6. The summed E-state index contributed by atoms with van der Waals surface area (Å²) in [5.74, 6) is 3.54. The summed E-state index contributed by atoms with van der Waals surface area (Å²) in [6, 6.07) is 6.17. The number of halogens is 1. The van der Waals surface area contributed by atoms with Crippen molar-refractivity contribution < 1.29 is 9.47 Å². The van der Waals surface area contributed by atoms with Gasteiger partial charge < -0.3 is 24.7 Å². The molecule has 0 saturated heterocycles. The van der Waals surface area contributed by atoms with Crippen molar-refractivity contribution in [2.45, 2.75) is 58.9 Å². The minimum Gasteiger partial charge on any atom is -0.486 e. The molecule has 0 saturated carbocycles.